The van der Waals surface area contributed by atoms with Crippen LogP contribution in [0.25, 0.3) is 0 Å². The summed E-state index contributed by atoms with van der Waals surface area (Å²) in [5.41, 5.74) is 0. The van der Waals surface area contributed by atoms with Crippen molar-refractivity contribution in [3.05, 3.63) is 158 Å². The molecular formula is C73H118O5. The molecule has 440 valence electrons. The molecule has 0 aromatic heterocycles. The van der Waals surface area contributed by atoms with Crippen LogP contribution in [-0.2, 0) is 19.1 Å². The first kappa shape index (κ1) is 73.5. The molecule has 5 heteroatoms. The maximum atomic E-state index is 12.3. The molecule has 78 heavy (non-hydrogen) atoms. The predicted molar refractivity (Wildman–Crippen MR) is 343 cm³/mol. The summed E-state index contributed by atoms with van der Waals surface area (Å²) in [6, 6.07) is 0. The van der Waals surface area contributed by atoms with E-state index in [-0.39, 0.29) is 25.2 Å². The maximum absolute atomic E-state index is 12.3. The van der Waals surface area contributed by atoms with E-state index in [0.29, 0.717) is 12.8 Å². The highest BCUT2D eigenvalue weighted by Gasteiger charge is 2.16. The van der Waals surface area contributed by atoms with E-state index < -0.39 is 6.10 Å². The molecule has 0 heterocycles. The number of aliphatic hydroxyl groups excluding tert-OH is 1. The third-order valence-electron chi connectivity index (χ3n) is 13.3. The number of hydrogen-bond donors (Lipinski definition) is 1. The highest BCUT2D eigenvalue weighted by Crippen LogP contribution is 2.15. The minimum atomic E-state index is -0.802. The van der Waals surface area contributed by atoms with Gasteiger partial charge in [-0.3, -0.25) is 9.59 Å². The Labute approximate surface area is 481 Å². The first-order chi connectivity index (χ1) is 38.6. The van der Waals surface area contributed by atoms with Crippen molar-refractivity contribution in [3.63, 3.8) is 0 Å². The second kappa shape index (κ2) is 66.8. The van der Waals surface area contributed by atoms with Crippen LogP contribution in [0.5, 0.6) is 0 Å². The Hall–Kier alpha value is -4.48. The Morgan fingerprint density at radius 3 is 0.846 bits per heavy atom. The molecule has 1 atom stereocenters. The van der Waals surface area contributed by atoms with Crippen molar-refractivity contribution in [2.24, 2.45) is 0 Å². The van der Waals surface area contributed by atoms with E-state index in [1.54, 1.807) is 0 Å². The molecule has 1 unspecified atom stereocenters. The fourth-order valence-corrected chi connectivity index (χ4v) is 8.53. The van der Waals surface area contributed by atoms with Crippen LogP contribution in [0.2, 0.25) is 0 Å². The van der Waals surface area contributed by atoms with Gasteiger partial charge in [0.25, 0.3) is 0 Å². The van der Waals surface area contributed by atoms with Crippen LogP contribution in [0.1, 0.15) is 271 Å². The molecule has 0 aliphatic heterocycles. The lowest BCUT2D eigenvalue weighted by Gasteiger charge is -2.15. The van der Waals surface area contributed by atoms with Crippen molar-refractivity contribution in [3.8, 4) is 0 Å². The molecule has 0 bridgehead atoms. The van der Waals surface area contributed by atoms with Crippen LogP contribution in [0.4, 0.5) is 0 Å². The number of aliphatic hydroxyl groups is 1. The number of allylic oxidation sites excluding steroid dienone is 26. The lowest BCUT2D eigenvalue weighted by molar-refractivity contribution is -0.161. The molecule has 0 saturated carbocycles. The Balaban J connectivity index is 3.63. The third-order valence-corrected chi connectivity index (χ3v) is 13.3. The molecule has 1 N–H and O–H groups in total. The quantitative estimate of drug-likeness (QED) is 0.0373. The van der Waals surface area contributed by atoms with Crippen LogP contribution in [0.3, 0.4) is 0 Å². The highest BCUT2D eigenvalue weighted by atomic mass is 16.6. The number of carbonyl (C=O) groups excluding carboxylic acids is 2. The summed E-state index contributed by atoms with van der Waals surface area (Å²) in [5, 5.41) is 9.68. The van der Waals surface area contributed by atoms with E-state index in [1.165, 1.54) is 122 Å². The Morgan fingerprint density at radius 2 is 0.551 bits per heavy atom. The summed E-state index contributed by atoms with van der Waals surface area (Å²) in [7, 11) is 0. The predicted octanol–water partition coefficient (Wildman–Crippen LogP) is 22.3. The molecule has 0 spiro atoms. The molecule has 0 aliphatic carbocycles. The van der Waals surface area contributed by atoms with Crippen molar-refractivity contribution < 1.29 is 24.2 Å². The summed E-state index contributed by atoms with van der Waals surface area (Å²) < 4.78 is 10.7. The van der Waals surface area contributed by atoms with Crippen molar-refractivity contribution in [1.82, 2.24) is 0 Å². The van der Waals surface area contributed by atoms with E-state index in [4.69, 9.17) is 9.47 Å². The van der Waals surface area contributed by atoms with Crippen LogP contribution in [0.15, 0.2) is 158 Å². The molecular weight excluding hydrogens is 957 g/mol. The lowest BCUT2D eigenvalue weighted by atomic mass is 10.0. The average Bonchev–Trinajstić information content (AvgIpc) is 3.44. The van der Waals surface area contributed by atoms with Gasteiger partial charge in [0, 0.05) is 12.8 Å². The molecule has 0 aromatic carbocycles. The lowest BCUT2D eigenvalue weighted by Crippen LogP contribution is -2.28. The van der Waals surface area contributed by atoms with Crippen LogP contribution >= 0.6 is 0 Å². The van der Waals surface area contributed by atoms with Gasteiger partial charge in [-0.15, -0.1) is 0 Å². The van der Waals surface area contributed by atoms with E-state index in [0.717, 1.165) is 122 Å². The number of unbranched alkanes of at least 4 members (excludes halogenated alkanes) is 23. The minimum absolute atomic E-state index is 0.0880. The van der Waals surface area contributed by atoms with E-state index >= 15 is 0 Å². The molecule has 0 saturated heterocycles. The SMILES string of the molecule is CC/C=C\C/C=C\C/C=C\C/C=C\C/C=C\C/C=C\C/C=C\C/C=C\C/C=C\C/C=C\C/C=C\CCCCCC(=O)OC(CO)COC(=O)CCCCCCCCCCCCCCCCC/C=C\C/C=C\CCCCCCC. The minimum Gasteiger partial charge on any atom is -0.462 e. The fourth-order valence-electron chi connectivity index (χ4n) is 8.53. The summed E-state index contributed by atoms with van der Waals surface area (Å²) in [4.78, 5) is 24.6. The summed E-state index contributed by atoms with van der Waals surface area (Å²) >= 11 is 0. The molecule has 0 fully saturated rings. The number of ether oxygens (including phenoxy) is 2. The molecule has 5 nitrogen and oxygen atoms in total. The van der Waals surface area contributed by atoms with E-state index in [9.17, 15) is 14.7 Å². The summed E-state index contributed by atoms with van der Waals surface area (Å²) in [5.74, 6) is -0.634. The van der Waals surface area contributed by atoms with E-state index in [1.807, 2.05) is 0 Å². The van der Waals surface area contributed by atoms with Crippen molar-refractivity contribution in [1.29, 1.82) is 0 Å². The Kier molecular flexibility index (Phi) is 63.0. The average molecular weight is 1080 g/mol. The Bertz CT molecular complexity index is 1690. The van der Waals surface area contributed by atoms with Crippen molar-refractivity contribution >= 4 is 11.9 Å². The number of rotatable bonds is 57. The van der Waals surface area contributed by atoms with Gasteiger partial charge in [0.1, 0.15) is 6.61 Å². The van der Waals surface area contributed by atoms with E-state index in [2.05, 4.69) is 172 Å². The molecule has 0 radical (unpaired) electrons. The smallest absolute Gasteiger partial charge is 0.306 e. The monoisotopic (exact) mass is 1070 g/mol. The van der Waals surface area contributed by atoms with Gasteiger partial charge in [-0.05, 0) is 128 Å². The van der Waals surface area contributed by atoms with Gasteiger partial charge in [-0.1, -0.05) is 287 Å². The summed E-state index contributed by atoms with van der Waals surface area (Å²) in [6.45, 7) is 4.00. The fraction of sp³-hybridized carbons (Fsp3) is 0.616. The van der Waals surface area contributed by atoms with Crippen molar-refractivity contribution in [2.75, 3.05) is 13.2 Å². The zero-order valence-corrected chi connectivity index (χ0v) is 50.4. The van der Waals surface area contributed by atoms with Gasteiger partial charge < -0.3 is 14.6 Å². The molecule has 0 aromatic rings. The topological polar surface area (TPSA) is 72.8 Å². The van der Waals surface area contributed by atoms with Gasteiger partial charge >= 0.3 is 11.9 Å². The zero-order chi connectivity index (χ0) is 56.2. The third kappa shape index (κ3) is 64.0. The molecule has 0 amide bonds. The van der Waals surface area contributed by atoms with Crippen LogP contribution in [0, 0.1) is 0 Å². The molecule has 0 rings (SSSR count). The maximum Gasteiger partial charge on any atom is 0.306 e. The van der Waals surface area contributed by atoms with Gasteiger partial charge in [-0.2, -0.15) is 0 Å². The first-order valence-corrected chi connectivity index (χ1v) is 32.0. The Morgan fingerprint density at radius 1 is 0.308 bits per heavy atom. The van der Waals surface area contributed by atoms with Gasteiger partial charge in [0.05, 0.1) is 6.61 Å². The largest absolute Gasteiger partial charge is 0.462 e. The van der Waals surface area contributed by atoms with Crippen molar-refractivity contribution in [2.45, 2.75) is 277 Å². The van der Waals surface area contributed by atoms with Crippen LogP contribution in [-0.4, -0.2) is 36.4 Å². The molecule has 0 aliphatic rings. The first-order valence-electron chi connectivity index (χ1n) is 32.0. The van der Waals surface area contributed by atoms with Gasteiger partial charge in [0.2, 0.25) is 0 Å². The van der Waals surface area contributed by atoms with Crippen LogP contribution < -0.4 is 0 Å². The van der Waals surface area contributed by atoms with Gasteiger partial charge in [-0.25, -0.2) is 0 Å². The number of hydrogen-bond acceptors (Lipinski definition) is 5. The second-order valence-corrected chi connectivity index (χ2v) is 20.8. The highest BCUT2D eigenvalue weighted by molar-refractivity contribution is 5.70. The normalized spacial score (nSPS) is 13.3. The second-order valence-electron chi connectivity index (χ2n) is 20.8. The van der Waals surface area contributed by atoms with Gasteiger partial charge in [0.15, 0.2) is 6.10 Å². The zero-order valence-electron chi connectivity index (χ0n) is 50.4. The summed E-state index contributed by atoms with van der Waals surface area (Å²) in [6.07, 6.45) is 102. The number of carbonyl (C=O) groups is 2. The number of esters is 2. The standard InChI is InChI=1S/C73H118O5/c1-3-5-7-9-11-13-15-17-19-21-23-25-27-29-31-32-33-34-35-36-37-38-39-40-42-44-46-48-50-52-54-56-58-60-62-64-66-68-73(76)78-71(69-74)70-77-72(75)67-65-63-61-59-57-55-53-51-49-47-45-43-41-30-28-26-24-22-20-18-16-14-12-10-8-6-4-2/h5,7,11,13,16-19,22-25,29,31,33-34,36-37,39-40,44,46,50,52,56,58,71,74H,3-4,6,8-10,12,14-15,20-21,26-28,30,32,35,38,41-43,45,47-49,51,53-55,57,59-70H2,1-2H3/b7-5-,13-11-,18-16-,19-17-,24-22-,25-23-,31-29-,34-33-,37-36-,40-39-,46-44-,52-50-,58-56-.